The topological polar surface area (TPSA) is 35.6 Å². The number of carbonyl (C=O) groups is 1. The van der Waals surface area contributed by atoms with Crippen molar-refractivity contribution in [1.82, 2.24) is 4.90 Å². The second-order valence-electron chi connectivity index (χ2n) is 5.93. The summed E-state index contributed by atoms with van der Waals surface area (Å²) in [6, 6.07) is 15.8. The number of nitrogens with one attached hydrogen (secondary N) is 1. The number of benzene rings is 2. The van der Waals surface area contributed by atoms with E-state index in [4.69, 9.17) is 11.6 Å². The molecule has 126 valence electrons. The Morgan fingerprint density at radius 2 is 1.79 bits per heavy atom. The summed E-state index contributed by atoms with van der Waals surface area (Å²) >= 11 is 5.95. The van der Waals surface area contributed by atoms with E-state index < -0.39 is 0 Å². The van der Waals surface area contributed by atoms with Gasteiger partial charge in [0.15, 0.2) is 0 Å². The van der Waals surface area contributed by atoms with Crippen molar-refractivity contribution < 1.29 is 4.79 Å². The number of rotatable bonds is 3. The molecule has 1 aliphatic rings. The summed E-state index contributed by atoms with van der Waals surface area (Å²) in [5.74, 6) is 0. The van der Waals surface area contributed by atoms with E-state index in [9.17, 15) is 4.79 Å². The highest BCUT2D eigenvalue weighted by Crippen LogP contribution is 2.19. The van der Waals surface area contributed by atoms with Crippen molar-refractivity contribution in [2.75, 3.05) is 36.4 Å². The van der Waals surface area contributed by atoms with Gasteiger partial charge in [-0.2, -0.15) is 0 Å². The fourth-order valence-corrected chi connectivity index (χ4v) is 3.07. The third-order valence-corrected chi connectivity index (χ3v) is 4.59. The molecule has 1 saturated heterocycles. The van der Waals surface area contributed by atoms with Crippen LogP contribution in [0.2, 0.25) is 5.02 Å². The van der Waals surface area contributed by atoms with Crippen molar-refractivity contribution in [2.24, 2.45) is 0 Å². The Morgan fingerprint density at radius 3 is 2.42 bits per heavy atom. The Bertz CT molecular complexity index is 694. The molecule has 0 saturated carbocycles. The highest BCUT2D eigenvalue weighted by molar-refractivity contribution is 6.30. The number of carbonyl (C=O) groups excluding carboxylic acids is 1. The Kier molecular flexibility index (Phi) is 5.26. The van der Waals surface area contributed by atoms with Crippen LogP contribution in [0.4, 0.5) is 16.2 Å². The molecular formula is C19H22ClN3O. The highest BCUT2D eigenvalue weighted by atomic mass is 35.5. The van der Waals surface area contributed by atoms with Crippen molar-refractivity contribution in [3.05, 3.63) is 59.1 Å². The van der Waals surface area contributed by atoms with Crippen LogP contribution in [0.3, 0.4) is 0 Å². The Morgan fingerprint density at radius 1 is 1.08 bits per heavy atom. The number of hydrogen-bond donors (Lipinski definition) is 1. The van der Waals surface area contributed by atoms with Crippen molar-refractivity contribution in [2.45, 2.75) is 13.3 Å². The number of urea groups is 1. The van der Waals surface area contributed by atoms with Gasteiger partial charge in [0.1, 0.15) is 0 Å². The number of halogens is 1. The highest BCUT2D eigenvalue weighted by Gasteiger charge is 2.21. The predicted octanol–water partition coefficient (Wildman–Crippen LogP) is 4.26. The molecule has 0 aromatic heterocycles. The number of piperazine rings is 1. The summed E-state index contributed by atoms with van der Waals surface area (Å²) < 4.78 is 0. The molecule has 1 fully saturated rings. The Hall–Kier alpha value is -2.20. The van der Waals surface area contributed by atoms with Crippen LogP contribution >= 0.6 is 11.6 Å². The molecule has 5 heteroatoms. The fourth-order valence-electron chi connectivity index (χ4n) is 2.88. The summed E-state index contributed by atoms with van der Waals surface area (Å²) in [4.78, 5) is 16.5. The maximum atomic E-state index is 12.4. The van der Waals surface area contributed by atoms with Crippen molar-refractivity contribution in [3.63, 3.8) is 0 Å². The van der Waals surface area contributed by atoms with Gasteiger partial charge < -0.3 is 15.1 Å². The largest absolute Gasteiger partial charge is 0.368 e. The standard InChI is InChI=1S/C19H22ClN3O/c1-2-15-6-8-18(9-7-15)22-10-12-23(13-11-22)19(24)21-17-5-3-4-16(20)14-17/h3-9,14H,2,10-13H2,1H3,(H,21,24). The molecule has 2 aromatic rings. The Labute approximate surface area is 148 Å². The summed E-state index contributed by atoms with van der Waals surface area (Å²) in [5, 5.41) is 3.52. The maximum absolute atomic E-state index is 12.4. The number of amides is 2. The lowest BCUT2D eigenvalue weighted by Gasteiger charge is -2.36. The molecule has 2 amide bonds. The summed E-state index contributed by atoms with van der Waals surface area (Å²) in [7, 11) is 0. The smallest absolute Gasteiger partial charge is 0.321 e. The van der Waals surface area contributed by atoms with Crippen molar-refractivity contribution >= 4 is 29.0 Å². The van der Waals surface area contributed by atoms with Crippen LogP contribution in [0.5, 0.6) is 0 Å². The molecule has 0 aliphatic carbocycles. The molecule has 2 aromatic carbocycles. The first-order chi connectivity index (χ1) is 11.7. The fraction of sp³-hybridized carbons (Fsp3) is 0.316. The third-order valence-electron chi connectivity index (χ3n) is 4.35. The van der Waals surface area contributed by atoms with E-state index in [1.807, 2.05) is 17.0 Å². The molecule has 0 unspecified atom stereocenters. The second-order valence-corrected chi connectivity index (χ2v) is 6.37. The molecular weight excluding hydrogens is 322 g/mol. The normalized spacial score (nSPS) is 14.6. The number of anilines is 2. The van der Waals surface area contributed by atoms with Crippen LogP contribution in [-0.4, -0.2) is 37.1 Å². The van der Waals surface area contributed by atoms with E-state index in [-0.39, 0.29) is 6.03 Å². The zero-order valence-corrected chi connectivity index (χ0v) is 14.6. The van der Waals surface area contributed by atoms with Gasteiger partial charge >= 0.3 is 6.03 Å². The lowest BCUT2D eigenvalue weighted by atomic mass is 10.1. The van der Waals surface area contributed by atoms with Crippen LogP contribution < -0.4 is 10.2 Å². The monoisotopic (exact) mass is 343 g/mol. The molecule has 1 heterocycles. The molecule has 1 N–H and O–H groups in total. The summed E-state index contributed by atoms with van der Waals surface area (Å²) in [5.41, 5.74) is 3.30. The van der Waals surface area contributed by atoms with E-state index >= 15 is 0 Å². The lowest BCUT2D eigenvalue weighted by molar-refractivity contribution is 0.208. The molecule has 1 aliphatic heterocycles. The zero-order valence-electron chi connectivity index (χ0n) is 13.8. The third kappa shape index (κ3) is 4.01. The summed E-state index contributed by atoms with van der Waals surface area (Å²) in [6.45, 7) is 5.26. The SMILES string of the molecule is CCc1ccc(N2CCN(C(=O)Nc3cccc(Cl)c3)CC2)cc1. The first kappa shape index (κ1) is 16.7. The van der Waals surface area contributed by atoms with Gasteiger partial charge in [-0.25, -0.2) is 4.79 Å². The average molecular weight is 344 g/mol. The maximum Gasteiger partial charge on any atom is 0.321 e. The van der Waals surface area contributed by atoms with Gasteiger partial charge in [-0.3, -0.25) is 0 Å². The van der Waals surface area contributed by atoms with Crippen molar-refractivity contribution in [1.29, 1.82) is 0 Å². The van der Waals surface area contributed by atoms with Gasteiger partial charge in [-0.15, -0.1) is 0 Å². The van der Waals surface area contributed by atoms with Gasteiger partial charge in [0.2, 0.25) is 0 Å². The van der Waals surface area contributed by atoms with Crippen LogP contribution in [-0.2, 0) is 6.42 Å². The molecule has 3 rings (SSSR count). The van der Waals surface area contributed by atoms with Crippen LogP contribution in [0.25, 0.3) is 0 Å². The van der Waals surface area contributed by atoms with Gasteiger partial charge in [0.05, 0.1) is 0 Å². The molecule has 24 heavy (non-hydrogen) atoms. The van der Waals surface area contributed by atoms with E-state index in [0.29, 0.717) is 18.1 Å². The number of nitrogens with zero attached hydrogens (tertiary/aromatic N) is 2. The molecule has 0 spiro atoms. The van der Waals surface area contributed by atoms with Gasteiger partial charge in [-0.05, 0) is 42.3 Å². The summed E-state index contributed by atoms with van der Waals surface area (Å²) in [6.07, 6.45) is 1.05. The average Bonchev–Trinajstić information content (AvgIpc) is 2.62. The van der Waals surface area contributed by atoms with E-state index in [1.54, 1.807) is 12.1 Å². The predicted molar refractivity (Wildman–Crippen MR) is 100 cm³/mol. The number of hydrogen-bond acceptors (Lipinski definition) is 2. The van der Waals surface area contributed by atoms with E-state index in [0.717, 1.165) is 25.2 Å². The zero-order chi connectivity index (χ0) is 16.9. The second kappa shape index (κ2) is 7.58. The minimum Gasteiger partial charge on any atom is -0.368 e. The molecule has 0 bridgehead atoms. The van der Waals surface area contributed by atoms with Gasteiger partial charge in [-0.1, -0.05) is 36.7 Å². The minimum atomic E-state index is -0.0711. The molecule has 4 nitrogen and oxygen atoms in total. The van der Waals surface area contributed by atoms with Crippen molar-refractivity contribution in [3.8, 4) is 0 Å². The molecule has 0 atom stereocenters. The minimum absolute atomic E-state index is 0.0711. The first-order valence-corrected chi connectivity index (χ1v) is 8.69. The van der Waals surface area contributed by atoms with Crippen LogP contribution in [0.1, 0.15) is 12.5 Å². The van der Waals surface area contributed by atoms with E-state index in [2.05, 4.69) is 41.4 Å². The van der Waals surface area contributed by atoms with Crippen LogP contribution in [0.15, 0.2) is 48.5 Å². The quantitative estimate of drug-likeness (QED) is 0.904. The van der Waals surface area contributed by atoms with Gasteiger partial charge in [0.25, 0.3) is 0 Å². The van der Waals surface area contributed by atoms with Crippen LogP contribution in [0, 0.1) is 0 Å². The van der Waals surface area contributed by atoms with Gasteiger partial charge in [0, 0.05) is 42.6 Å². The molecule has 0 radical (unpaired) electrons. The lowest BCUT2D eigenvalue weighted by Crippen LogP contribution is -2.50. The van der Waals surface area contributed by atoms with E-state index in [1.165, 1.54) is 11.3 Å². The number of aryl methyl sites for hydroxylation is 1. The first-order valence-electron chi connectivity index (χ1n) is 8.31. The Balaban J connectivity index is 1.55.